The van der Waals surface area contributed by atoms with Crippen molar-refractivity contribution < 1.29 is 9.53 Å². The molecule has 0 fully saturated rings. The van der Waals surface area contributed by atoms with E-state index >= 15 is 0 Å². The van der Waals surface area contributed by atoms with Gasteiger partial charge in [-0.2, -0.15) is 0 Å². The topological polar surface area (TPSA) is 26.3 Å². The van der Waals surface area contributed by atoms with E-state index < -0.39 is 19.8 Å². The first kappa shape index (κ1) is 10.6. The Morgan fingerprint density at radius 1 is 1.38 bits per heavy atom. The van der Waals surface area contributed by atoms with Crippen LogP contribution in [0.1, 0.15) is 10.4 Å². The zero-order valence-corrected chi connectivity index (χ0v) is 11.0. The van der Waals surface area contributed by atoms with E-state index in [-0.39, 0.29) is 0 Å². The molecule has 0 aliphatic rings. The summed E-state index contributed by atoms with van der Waals surface area (Å²) >= 11 is -1.43. The summed E-state index contributed by atoms with van der Waals surface area (Å²) in [7, 11) is 1.61. The van der Waals surface area contributed by atoms with E-state index in [1.807, 2.05) is 18.2 Å². The van der Waals surface area contributed by atoms with E-state index in [1.54, 1.807) is 7.11 Å². The van der Waals surface area contributed by atoms with Gasteiger partial charge in [0.05, 0.1) is 0 Å². The SMILES string of the molecule is COc1cc[c]([Sn]([CH3])[CH3])c(C=O)c1. The molecule has 1 aromatic carbocycles. The molecule has 0 atom stereocenters. The van der Waals surface area contributed by atoms with Crippen LogP contribution < -0.4 is 8.32 Å². The van der Waals surface area contributed by atoms with Crippen LogP contribution in [-0.4, -0.2) is 33.2 Å². The molecule has 0 amide bonds. The van der Waals surface area contributed by atoms with Crippen LogP contribution >= 0.6 is 0 Å². The molecule has 1 radical (unpaired) electrons. The summed E-state index contributed by atoms with van der Waals surface area (Å²) in [6.45, 7) is 0. The van der Waals surface area contributed by atoms with Crippen molar-refractivity contribution in [1.82, 2.24) is 0 Å². The fraction of sp³-hybridized carbons (Fsp3) is 0.300. The number of hydrogen-bond donors (Lipinski definition) is 0. The average molecular weight is 284 g/mol. The van der Waals surface area contributed by atoms with Crippen LogP contribution in [0, 0.1) is 0 Å². The number of carbonyl (C=O) groups is 1. The van der Waals surface area contributed by atoms with Crippen molar-refractivity contribution in [1.29, 1.82) is 0 Å². The molecule has 1 rings (SSSR count). The molecule has 1 aromatic rings. The van der Waals surface area contributed by atoms with Crippen molar-refractivity contribution in [3.63, 3.8) is 0 Å². The molecule has 2 nitrogen and oxygen atoms in total. The number of methoxy groups -OCH3 is 1. The van der Waals surface area contributed by atoms with E-state index in [4.69, 9.17) is 4.74 Å². The molecule has 0 aromatic heterocycles. The fourth-order valence-electron chi connectivity index (χ4n) is 1.22. The zero-order valence-electron chi connectivity index (χ0n) is 8.13. The summed E-state index contributed by atoms with van der Waals surface area (Å²) in [5.41, 5.74) is 0.804. The molecule has 69 valence electrons. The van der Waals surface area contributed by atoms with Crippen LogP contribution in [0.3, 0.4) is 0 Å². The van der Waals surface area contributed by atoms with Crippen LogP contribution in [0.5, 0.6) is 5.75 Å². The van der Waals surface area contributed by atoms with Crippen LogP contribution in [0.2, 0.25) is 9.88 Å². The molecule has 0 spiro atoms. The number of aldehydes is 1. The molecule has 0 saturated carbocycles. The summed E-state index contributed by atoms with van der Waals surface area (Å²) in [5, 5.41) is 0. The average Bonchev–Trinajstić information content (AvgIpc) is 2.16. The van der Waals surface area contributed by atoms with Crippen molar-refractivity contribution in [3.05, 3.63) is 23.8 Å². The Bertz CT molecular complexity index is 308. The van der Waals surface area contributed by atoms with Gasteiger partial charge in [-0.1, -0.05) is 0 Å². The van der Waals surface area contributed by atoms with Crippen molar-refractivity contribution in [2.45, 2.75) is 9.88 Å². The maximum absolute atomic E-state index is 10.8. The Balaban J connectivity index is 3.15. The Hall–Kier alpha value is -0.511. The summed E-state index contributed by atoms with van der Waals surface area (Å²) in [5.74, 6) is 0.760. The quantitative estimate of drug-likeness (QED) is 0.620. The first-order valence-electron chi connectivity index (χ1n) is 4.12. The molecule has 0 unspecified atom stereocenters. The van der Waals surface area contributed by atoms with Crippen molar-refractivity contribution >= 4 is 29.6 Å². The van der Waals surface area contributed by atoms with E-state index in [2.05, 4.69) is 9.88 Å². The second kappa shape index (κ2) is 4.65. The van der Waals surface area contributed by atoms with E-state index in [0.29, 0.717) is 0 Å². The van der Waals surface area contributed by atoms with Gasteiger partial charge in [-0.15, -0.1) is 0 Å². The minimum absolute atomic E-state index is 0.760. The molecule has 0 N–H and O–H groups in total. The number of ether oxygens (including phenoxy) is 1. The monoisotopic (exact) mass is 285 g/mol. The van der Waals surface area contributed by atoms with Gasteiger partial charge in [0.1, 0.15) is 0 Å². The third-order valence-corrected chi connectivity index (χ3v) is 6.30. The summed E-state index contributed by atoms with van der Waals surface area (Å²) in [4.78, 5) is 15.3. The zero-order chi connectivity index (χ0) is 9.84. The third-order valence-electron chi connectivity index (χ3n) is 1.92. The number of carbonyl (C=O) groups excluding carboxylic acids is 1. The Morgan fingerprint density at radius 3 is 2.54 bits per heavy atom. The Labute approximate surface area is 85.6 Å². The molecule has 0 aliphatic carbocycles. The Morgan fingerprint density at radius 2 is 2.08 bits per heavy atom. The normalized spacial score (nSPS) is 10.2. The number of rotatable bonds is 3. The predicted octanol–water partition coefficient (Wildman–Crippen LogP) is 1.47. The molecule has 0 saturated heterocycles. The molecule has 0 heterocycles. The van der Waals surface area contributed by atoms with Gasteiger partial charge in [0.25, 0.3) is 0 Å². The van der Waals surface area contributed by atoms with Crippen molar-refractivity contribution in [2.24, 2.45) is 0 Å². The molecular weight excluding hydrogens is 271 g/mol. The van der Waals surface area contributed by atoms with Crippen LogP contribution in [0.4, 0.5) is 0 Å². The summed E-state index contributed by atoms with van der Waals surface area (Å²) in [6, 6.07) is 5.77. The summed E-state index contributed by atoms with van der Waals surface area (Å²) in [6.07, 6.45) is 0.922. The second-order valence-electron chi connectivity index (χ2n) is 3.07. The fourth-order valence-corrected chi connectivity index (χ4v) is 4.43. The van der Waals surface area contributed by atoms with Gasteiger partial charge >= 0.3 is 85.7 Å². The van der Waals surface area contributed by atoms with Gasteiger partial charge in [0.2, 0.25) is 0 Å². The van der Waals surface area contributed by atoms with Crippen molar-refractivity contribution in [3.8, 4) is 5.75 Å². The van der Waals surface area contributed by atoms with E-state index in [0.717, 1.165) is 17.6 Å². The Kier molecular flexibility index (Phi) is 3.78. The molecule has 13 heavy (non-hydrogen) atoms. The number of benzene rings is 1. The molecular formula is C10H13O2Sn. The predicted molar refractivity (Wildman–Crippen MR) is 55.5 cm³/mol. The first-order chi connectivity index (χ1) is 6.19. The van der Waals surface area contributed by atoms with Gasteiger partial charge in [-0.25, -0.2) is 0 Å². The number of hydrogen-bond acceptors (Lipinski definition) is 2. The third kappa shape index (κ3) is 2.46. The van der Waals surface area contributed by atoms with Crippen LogP contribution in [0.25, 0.3) is 0 Å². The van der Waals surface area contributed by atoms with Gasteiger partial charge in [0, 0.05) is 0 Å². The summed E-state index contributed by atoms with van der Waals surface area (Å²) < 4.78 is 6.32. The van der Waals surface area contributed by atoms with Gasteiger partial charge < -0.3 is 0 Å². The van der Waals surface area contributed by atoms with Crippen LogP contribution in [-0.2, 0) is 0 Å². The first-order valence-corrected chi connectivity index (χ1v) is 11.3. The molecule has 0 bridgehead atoms. The molecule has 0 aliphatic heterocycles. The van der Waals surface area contributed by atoms with Gasteiger partial charge in [-0.05, 0) is 0 Å². The standard InChI is InChI=1S/C8H7O2.2CH3.Sn/c1-10-8-4-2-3-7(5-8)6-9;;;/h2,4-6H,1H3;2*1H3;. The van der Waals surface area contributed by atoms with Crippen LogP contribution in [0.15, 0.2) is 18.2 Å². The van der Waals surface area contributed by atoms with Gasteiger partial charge in [-0.3, -0.25) is 0 Å². The van der Waals surface area contributed by atoms with E-state index in [9.17, 15) is 4.79 Å². The molecule has 3 heteroatoms. The maximum atomic E-state index is 10.8. The van der Waals surface area contributed by atoms with Crippen molar-refractivity contribution in [2.75, 3.05) is 7.11 Å². The van der Waals surface area contributed by atoms with Gasteiger partial charge in [0.15, 0.2) is 0 Å². The minimum atomic E-state index is -1.43. The second-order valence-corrected chi connectivity index (χ2v) is 10.3. The van der Waals surface area contributed by atoms with E-state index in [1.165, 1.54) is 3.58 Å².